The van der Waals surface area contributed by atoms with Crippen LogP contribution >= 0.6 is 0 Å². The molecule has 2 N–H and O–H groups in total. The Morgan fingerprint density at radius 3 is 2.52 bits per heavy atom. The highest BCUT2D eigenvalue weighted by Gasteiger charge is 2.34. The summed E-state index contributed by atoms with van der Waals surface area (Å²) in [5.74, 6) is 0.312. The summed E-state index contributed by atoms with van der Waals surface area (Å²) in [5.41, 5.74) is 1.90. The van der Waals surface area contributed by atoms with Crippen LogP contribution in [0.5, 0.6) is 5.75 Å². The second-order valence-corrected chi connectivity index (χ2v) is 6.75. The van der Waals surface area contributed by atoms with Crippen LogP contribution in [0, 0.1) is 0 Å². The molecule has 2 amide bonds. The first-order valence-electron chi connectivity index (χ1n) is 9.46. The molecule has 146 valence electrons. The summed E-state index contributed by atoms with van der Waals surface area (Å²) in [5, 5.41) is 5.70. The van der Waals surface area contributed by atoms with Crippen LogP contribution in [0.2, 0.25) is 0 Å². The molecular formula is C20H27N3O4. The van der Waals surface area contributed by atoms with Crippen molar-refractivity contribution in [3.63, 3.8) is 0 Å². The molecule has 1 atom stereocenters. The van der Waals surface area contributed by atoms with Crippen molar-refractivity contribution in [2.24, 2.45) is 0 Å². The molecule has 7 heteroatoms. The van der Waals surface area contributed by atoms with Crippen molar-refractivity contribution in [3.8, 4) is 5.75 Å². The average Bonchev–Trinajstić information content (AvgIpc) is 2.68. The highest BCUT2D eigenvalue weighted by atomic mass is 16.5. The van der Waals surface area contributed by atoms with Crippen molar-refractivity contribution in [2.45, 2.75) is 32.2 Å². The van der Waals surface area contributed by atoms with Crippen molar-refractivity contribution in [2.75, 3.05) is 33.4 Å². The van der Waals surface area contributed by atoms with Gasteiger partial charge in [-0.1, -0.05) is 18.6 Å². The van der Waals surface area contributed by atoms with E-state index in [1.807, 2.05) is 24.3 Å². The molecule has 27 heavy (non-hydrogen) atoms. The number of hydrogen-bond donors (Lipinski definition) is 2. The molecular weight excluding hydrogens is 346 g/mol. The van der Waals surface area contributed by atoms with E-state index in [1.54, 1.807) is 14.0 Å². The number of amides is 2. The molecule has 0 bridgehead atoms. The van der Waals surface area contributed by atoms with Crippen molar-refractivity contribution < 1.29 is 19.1 Å². The molecule has 2 heterocycles. The minimum Gasteiger partial charge on any atom is -0.497 e. The van der Waals surface area contributed by atoms with Crippen LogP contribution < -0.4 is 15.4 Å². The summed E-state index contributed by atoms with van der Waals surface area (Å²) >= 11 is 0. The van der Waals surface area contributed by atoms with Crippen LogP contribution in [0.3, 0.4) is 0 Å². The number of esters is 1. The van der Waals surface area contributed by atoms with Gasteiger partial charge in [-0.3, -0.25) is 4.90 Å². The second kappa shape index (κ2) is 8.90. The maximum atomic E-state index is 12.7. The molecule has 0 saturated carbocycles. The van der Waals surface area contributed by atoms with Gasteiger partial charge >= 0.3 is 12.0 Å². The molecule has 0 radical (unpaired) electrons. The van der Waals surface area contributed by atoms with E-state index in [2.05, 4.69) is 15.5 Å². The molecule has 3 rings (SSSR count). The largest absolute Gasteiger partial charge is 0.497 e. The standard InChI is InChI=1S/C20H27N3O4/c1-3-27-19(24)17-16(13-23-11-5-4-6-12-23)21-20(25)22-18(17)14-7-9-15(26-2)10-8-14/h7-10,18H,3-6,11-13H2,1-2H3,(H2,21,22,25)/t18-/m1/s1. The predicted molar refractivity (Wildman–Crippen MR) is 101 cm³/mol. The Morgan fingerprint density at radius 2 is 1.89 bits per heavy atom. The Kier molecular flexibility index (Phi) is 6.34. The minimum absolute atomic E-state index is 0.280. The number of carbonyl (C=O) groups excluding carboxylic acids is 2. The van der Waals surface area contributed by atoms with Gasteiger partial charge in [-0.05, 0) is 50.6 Å². The topological polar surface area (TPSA) is 79.9 Å². The molecule has 0 spiro atoms. The molecule has 1 aromatic carbocycles. The molecule has 7 nitrogen and oxygen atoms in total. The molecule has 0 aromatic heterocycles. The first-order chi connectivity index (χ1) is 13.1. The Hall–Kier alpha value is -2.54. The van der Waals surface area contributed by atoms with E-state index >= 15 is 0 Å². The smallest absolute Gasteiger partial charge is 0.338 e. The molecule has 1 saturated heterocycles. The highest BCUT2D eigenvalue weighted by Crippen LogP contribution is 2.29. The highest BCUT2D eigenvalue weighted by molar-refractivity contribution is 5.95. The number of nitrogens with one attached hydrogen (secondary N) is 2. The van der Waals surface area contributed by atoms with Gasteiger partial charge in [-0.25, -0.2) is 9.59 Å². The first kappa shape index (κ1) is 19.2. The van der Waals surface area contributed by atoms with Gasteiger partial charge in [0.15, 0.2) is 0 Å². The van der Waals surface area contributed by atoms with Crippen molar-refractivity contribution >= 4 is 12.0 Å². The lowest BCUT2D eigenvalue weighted by molar-refractivity contribution is -0.139. The second-order valence-electron chi connectivity index (χ2n) is 6.75. The minimum atomic E-state index is -0.552. The predicted octanol–water partition coefficient (Wildman–Crippen LogP) is 2.35. The van der Waals surface area contributed by atoms with E-state index in [0.29, 0.717) is 23.6 Å². The van der Waals surface area contributed by atoms with Crippen LogP contribution in [0.4, 0.5) is 4.79 Å². The third kappa shape index (κ3) is 4.60. The SMILES string of the molecule is CCOC(=O)C1=C(CN2CCCCC2)NC(=O)N[C@@H]1c1ccc(OC)cc1. The van der Waals surface area contributed by atoms with Crippen LogP contribution in [-0.2, 0) is 9.53 Å². The lowest BCUT2D eigenvalue weighted by atomic mass is 9.94. The van der Waals surface area contributed by atoms with Gasteiger partial charge < -0.3 is 20.1 Å². The number of urea groups is 1. The van der Waals surface area contributed by atoms with E-state index in [4.69, 9.17) is 9.47 Å². The van der Waals surface area contributed by atoms with Crippen LogP contribution in [0.15, 0.2) is 35.5 Å². The first-order valence-corrected chi connectivity index (χ1v) is 9.46. The van der Waals surface area contributed by atoms with Crippen molar-refractivity contribution in [3.05, 3.63) is 41.1 Å². The van der Waals surface area contributed by atoms with Gasteiger partial charge in [-0.2, -0.15) is 0 Å². The van der Waals surface area contributed by atoms with Gasteiger partial charge in [-0.15, -0.1) is 0 Å². The fourth-order valence-corrected chi connectivity index (χ4v) is 3.58. The number of hydrogen-bond acceptors (Lipinski definition) is 5. The number of nitrogens with zero attached hydrogens (tertiary/aromatic N) is 1. The summed E-state index contributed by atoms with van der Waals surface area (Å²) in [4.78, 5) is 27.3. The molecule has 1 aromatic rings. The summed E-state index contributed by atoms with van der Waals surface area (Å²) < 4.78 is 10.5. The number of methoxy groups -OCH3 is 1. The van der Waals surface area contributed by atoms with Crippen LogP contribution in [0.25, 0.3) is 0 Å². The lowest BCUT2D eigenvalue weighted by Gasteiger charge is -2.33. The van der Waals surface area contributed by atoms with E-state index in [9.17, 15) is 9.59 Å². The normalized spacial score (nSPS) is 20.7. The van der Waals surface area contributed by atoms with E-state index in [1.165, 1.54) is 6.42 Å². The Balaban J connectivity index is 1.95. The van der Waals surface area contributed by atoms with Gasteiger partial charge in [0, 0.05) is 12.2 Å². The van der Waals surface area contributed by atoms with Gasteiger partial charge in [0.2, 0.25) is 0 Å². The van der Waals surface area contributed by atoms with E-state index in [0.717, 1.165) is 31.5 Å². The maximum Gasteiger partial charge on any atom is 0.338 e. The number of carbonyl (C=O) groups is 2. The third-order valence-electron chi connectivity index (χ3n) is 4.93. The van der Waals surface area contributed by atoms with E-state index < -0.39 is 12.0 Å². The van der Waals surface area contributed by atoms with Crippen LogP contribution in [0.1, 0.15) is 37.8 Å². The quantitative estimate of drug-likeness (QED) is 0.749. The molecule has 0 unspecified atom stereocenters. The zero-order valence-corrected chi connectivity index (χ0v) is 15.9. The van der Waals surface area contributed by atoms with Crippen molar-refractivity contribution in [1.82, 2.24) is 15.5 Å². The molecule has 1 fully saturated rings. The Labute approximate surface area is 159 Å². The number of likely N-dealkylation sites (tertiary alicyclic amines) is 1. The summed E-state index contributed by atoms with van der Waals surface area (Å²) in [6, 6.07) is 6.48. The van der Waals surface area contributed by atoms with Crippen molar-refractivity contribution in [1.29, 1.82) is 0 Å². The van der Waals surface area contributed by atoms with Gasteiger partial charge in [0.05, 0.1) is 25.3 Å². The number of benzene rings is 1. The summed E-state index contributed by atoms with van der Waals surface area (Å²) in [7, 11) is 1.60. The monoisotopic (exact) mass is 373 g/mol. The molecule has 2 aliphatic rings. The van der Waals surface area contributed by atoms with Gasteiger partial charge in [0.1, 0.15) is 5.75 Å². The number of piperidine rings is 1. The number of rotatable bonds is 6. The third-order valence-corrected chi connectivity index (χ3v) is 4.93. The molecule has 2 aliphatic heterocycles. The zero-order valence-electron chi connectivity index (χ0n) is 15.9. The van der Waals surface area contributed by atoms with Crippen LogP contribution in [-0.4, -0.2) is 50.3 Å². The molecule has 0 aliphatic carbocycles. The number of ether oxygens (including phenoxy) is 2. The zero-order chi connectivity index (χ0) is 19.2. The van der Waals surface area contributed by atoms with E-state index in [-0.39, 0.29) is 12.6 Å². The summed E-state index contributed by atoms with van der Waals surface area (Å²) in [6.45, 7) is 4.53. The van der Waals surface area contributed by atoms with Gasteiger partial charge in [0.25, 0.3) is 0 Å². The fraction of sp³-hybridized carbons (Fsp3) is 0.500. The summed E-state index contributed by atoms with van der Waals surface area (Å²) in [6.07, 6.45) is 3.49. The lowest BCUT2D eigenvalue weighted by Crippen LogP contribution is -2.49. The average molecular weight is 373 g/mol. The maximum absolute atomic E-state index is 12.7. The Morgan fingerprint density at radius 1 is 1.19 bits per heavy atom. The fourth-order valence-electron chi connectivity index (χ4n) is 3.58. The Bertz CT molecular complexity index is 708.